The first-order chi connectivity index (χ1) is 7.58. The SMILES string of the molecule is Cc1nn(C)c(C)c1CNC(=S)NC1CC1. The van der Waals surface area contributed by atoms with Crippen molar-refractivity contribution in [2.24, 2.45) is 7.05 Å². The minimum Gasteiger partial charge on any atom is -0.360 e. The van der Waals surface area contributed by atoms with Crippen molar-refractivity contribution >= 4 is 17.3 Å². The molecule has 1 fully saturated rings. The van der Waals surface area contributed by atoms with E-state index in [1.54, 1.807) is 0 Å². The third-order valence-electron chi connectivity index (χ3n) is 3.00. The standard InChI is InChI=1S/C11H18N4S/c1-7-10(8(2)15(3)14-7)6-12-11(16)13-9-4-5-9/h9H,4-6H2,1-3H3,(H2,12,13,16). The number of thiocarbonyl (C=S) groups is 1. The second-order valence-corrected chi connectivity index (χ2v) is 4.78. The fourth-order valence-corrected chi connectivity index (χ4v) is 1.94. The molecule has 0 bridgehead atoms. The maximum Gasteiger partial charge on any atom is 0.166 e. The first kappa shape index (κ1) is 11.4. The Hall–Kier alpha value is -1.10. The second kappa shape index (κ2) is 4.41. The molecule has 1 aromatic heterocycles. The van der Waals surface area contributed by atoms with E-state index in [1.807, 2.05) is 18.7 Å². The van der Waals surface area contributed by atoms with E-state index in [0.717, 1.165) is 17.4 Å². The zero-order chi connectivity index (χ0) is 11.7. The van der Waals surface area contributed by atoms with E-state index in [0.29, 0.717) is 6.04 Å². The van der Waals surface area contributed by atoms with Crippen molar-refractivity contribution in [1.82, 2.24) is 20.4 Å². The summed E-state index contributed by atoms with van der Waals surface area (Å²) in [5.41, 5.74) is 3.50. The Morgan fingerprint density at radius 2 is 2.19 bits per heavy atom. The van der Waals surface area contributed by atoms with Crippen LogP contribution in [0, 0.1) is 13.8 Å². The van der Waals surface area contributed by atoms with Crippen LogP contribution in [-0.4, -0.2) is 20.9 Å². The number of hydrogen-bond acceptors (Lipinski definition) is 2. The van der Waals surface area contributed by atoms with Gasteiger partial charge in [-0.1, -0.05) is 0 Å². The predicted octanol–water partition coefficient (Wildman–Crippen LogP) is 1.16. The average molecular weight is 238 g/mol. The highest BCUT2D eigenvalue weighted by atomic mass is 32.1. The molecule has 1 heterocycles. The van der Waals surface area contributed by atoms with Gasteiger partial charge in [-0.05, 0) is 38.9 Å². The first-order valence-electron chi connectivity index (χ1n) is 5.61. The van der Waals surface area contributed by atoms with Crippen molar-refractivity contribution in [1.29, 1.82) is 0 Å². The van der Waals surface area contributed by atoms with Crippen LogP contribution >= 0.6 is 12.2 Å². The van der Waals surface area contributed by atoms with Gasteiger partial charge in [0.2, 0.25) is 0 Å². The van der Waals surface area contributed by atoms with Gasteiger partial charge in [0.05, 0.1) is 5.69 Å². The fraction of sp³-hybridized carbons (Fsp3) is 0.636. The Morgan fingerprint density at radius 1 is 1.50 bits per heavy atom. The number of nitrogens with one attached hydrogen (secondary N) is 2. The van der Waals surface area contributed by atoms with Gasteiger partial charge in [0.25, 0.3) is 0 Å². The molecule has 0 spiro atoms. The second-order valence-electron chi connectivity index (χ2n) is 4.37. The van der Waals surface area contributed by atoms with Crippen LogP contribution in [0.5, 0.6) is 0 Å². The highest BCUT2D eigenvalue weighted by molar-refractivity contribution is 7.80. The number of hydrogen-bond donors (Lipinski definition) is 2. The van der Waals surface area contributed by atoms with Crippen molar-refractivity contribution in [3.05, 3.63) is 17.0 Å². The molecule has 1 aliphatic rings. The first-order valence-corrected chi connectivity index (χ1v) is 6.02. The molecule has 4 nitrogen and oxygen atoms in total. The summed E-state index contributed by atoms with van der Waals surface area (Å²) in [6, 6.07) is 0.607. The summed E-state index contributed by atoms with van der Waals surface area (Å²) in [4.78, 5) is 0. The van der Waals surface area contributed by atoms with E-state index in [-0.39, 0.29) is 0 Å². The van der Waals surface area contributed by atoms with Crippen LogP contribution in [0.25, 0.3) is 0 Å². The lowest BCUT2D eigenvalue weighted by atomic mass is 10.2. The minimum absolute atomic E-state index is 0.607. The molecule has 0 unspecified atom stereocenters. The van der Waals surface area contributed by atoms with E-state index < -0.39 is 0 Å². The average Bonchev–Trinajstić information content (AvgIpc) is 2.97. The van der Waals surface area contributed by atoms with Gasteiger partial charge in [-0.25, -0.2) is 0 Å². The predicted molar refractivity (Wildman–Crippen MR) is 68.3 cm³/mol. The molecule has 1 saturated carbocycles. The van der Waals surface area contributed by atoms with Gasteiger partial charge in [-0.15, -0.1) is 0 Å². The summed E-state index contributed by atoms with van der Waals surface area (Å²) in [7, 11) is 1.96. The molecule has 1 aromatic rings. The van der Waals surface area contributed by atoms with Crippen molar-refractivity contribution in [3.8, 4) is 0 Å². The molecule has 2 N–H and O–H groups in total. The molecule has 2 rings (SSSR count). The molecule has 0 atom stereocenters. The number of aryl methyl sites for hydroxylation is 2. The van der Waals surface area contributed by atoms with Crippen LogP contribution in [0.4, 0.5) is 0 Å². The lowest BCUT2D eigenvalue weighted by Crippen LogP contribution is -2.36. The normalized spacial score (nSPS) is 14.9. The summed E-state index contributed by atoms with van der Waals surface area (Å²) in [5, 5.41) is 11.6. The zero-order valence-corrected chi connectivity index (χ0v) is 10.8. The summed E-state index contributed by atoms with van der Waals surface area (Å²) >= 11 is 5.21. The Bertz CT molecular complexity index is 406. The smallest absolute Gasteiger partial charge is 0.166 e. The number of rotatable bonds is 3. The van der Waals surface area contributed by atoms with E-state index in [4.69, 9.17) is 12.2 Å². The Balaban J connectivity index is 1.90. The minimum atomic E-state index is 0.607. The van der Waals surface area contributed by atoms with Crippen LogP contribution in [0.15, 0.2) is 0 Å². The molecule has 0 amide bonds. The van der Waals surface area contributed by atoms with E-state index in [1.165, 1.54) is 24.1 Å². The van der Waals surface area contributed by atoms with Crippen LogP contribution in [-0.2, 0) is 13.6 Å². The monoisotopic (exact) mass is 238 g/mol. The van der Waals surface area contributed by atoms with Crippen LogP contribution in [0.2, 0.25) is 0 Å². The Labute approximate surface area is 101 Å². The molecule has 0 aliphatic heterocycles. The molecule has 88 valence electrons. The van der Waals surface area contributed by atoms with Crippen molar-refractivity contribution in [2.45, 2.75) is 39.3 Å². The third-order valence-corrected chi connectivity index (χ3v) is 3.26. The molecule has 0 radical (unpaired) electrons. The lowest BCUT2D eigenvalue weighted by Gasteiger charge is -2.09. The van der Waals surface area contributed by atoms with Gasteiger partial charge in [-0.3, -0.25) is 4.68 Å². The quantitative estimate of drug-likeness (QED) is 0.776. The topological polar surface area (TPSA) is 41.9 Å². The maximum absolute atomic E-state index is 5.21. The van der Waals surface area contributed by atoms with Crippen LogP contribution in [0.1, 0.15) is 29.8 Å². The Kier molecular flexibility index (Phi) is 3.14. The molecule has 5 heteroatoms. The third kappa shape index (κ3) is 2.52. The summed E-state index contributed by atoms with van der Waals surface area (Å²) < 4.78 is 1.91. The summed E-state index contributed by atoms with van der Waals surface area (Å²) in [5.74, 6) is 0. The molecular formula is C11H18N4S. The lowest BCUT2D eigenvalue weighted by molar-refractivity contribution is 0.729. The molecule has 1 aliphatic carbocycles. The summed E-state index contributed by atoms with van der Waals surface area (Å²) in [6.07, 6.45) is 2.49. The van der Waals surface area contributed by atoms with Crippen LogP contribution < -0.4 is 10.6 Å². The largest absolute Gasteiger partial charge is 0.360 e. The van der Waals surface area contributed by atoms with Crippen molar-refractivity contribution < 1.29 is 0 Å². The molecule has 0 aromatic carbocycles. The van der Waals surface area contributed by atoms with Crippen LogP contribution in [0.3, 0.4) is 0 Å². The Morgan fingerprint density at radius 3 is 2.69 bits per heavy atom. The van der Waals surface area contributed by atoms with Gasteiger partial charge < -0.3 is 10.6 Å². The van der Waals surface area contributed by atoms with E-state index >= 15 is 0 Å². The van der Waals surface area contributed by atoms with Gasteiger partial charge in [0, 0.05) is 30.9 Å². The van der Waals surface area contributed by atoms with E-state index in [9.17, 15) is 0 Å². The number of aromatic nitrogens is 2. The van der Waals surface area contributed by atoms with Gasteiger partial charge in [0.15, 0.2) is 5.11 Å². The van der Waals surface area contributed by atoms with E-state index in [2.05, 4.69) is 22.7 Å². The molecule has 16 heavy (non-hydrogen) atoms. The zero-order valence-electron chi connectivity index (χ0n) is 10.0. The number of nitrogens with zero attached hydrogens (tertiary/aromatic N) is 2. The molecule has 0 saturated heterocycles. The van der Waals surface area contributed by atoms with Crippen molar-refractivity contribution in [2.75, 3.05) is 0 Å². The highest BCUT2D eigenvalue weighted by Gasteiger charge is 2.21. The molecular weight excluding hydrogens is 220 g/mol. The van der Waals surface area contributed by atoms with Gasteiger partial charge in [-0.2, -0.15) is 5.10 Å². The van der Waals surface area contributed by atoms with Gasteiger partial charge in [0.1, 0.15) is 0 Å². The van der Waals surface area contributed by atoms with Crippen molar-refractivity contribution in [3.63, 3.8) is 0 Å². The fourth-order valence-electron chi connectivity index (χ4n) is 1.71. The summed E-state index contributed by atoms with van der Waals surface area (Å²) in [6.45, 7) is 4.86. The van der Waals surface area contributed by atoms with Gasteiger partial charge >= 0.3 is 0 Å². The maximum atomic E-state index is 5.21. The highest BCUT2D eigenvalue weighted by Crippen LogP contribution is 2.18.